The number of nitrogens with zero attached hydrogens (tertiary/aromatic N) is 3. The molecule has 9 heteroatoms. The Bertz CT molecular complexity index is 852. The van der Waals surface area contributed by atoms with Crippen molar-refractivity contribution in [2.24, 2.45) is 5.92 Å². The van der Waals surface area contributed by atoms with E-state index in [1.807, 2.05) is 21.9 Å². The summed E-state index contributed by atoms with van der Waals surface area (Å²) in [5, 5.41) is 3.03. The van der Waals surface area contributed by atoms with Crippen LogP contribution in [-0.4, -0.2) is 97.9 Å². The van der Waals surface area contributed by atoms with E-state index in [4.69, 9.17) is 9.47 Å². The van der Waals surface area contributed by atoms with Gasteiger partial charge in [0.15, 0.2) is 0 Å². The molecule has 1 aromatic carbocycles. The number of halogens is 1. The number of amides is 3. The molecular formula is C28H45ClN4O4. The maximum atomic E-state index is 12.8. The molecule has 3 heterocycles. The van der Waals surface area contributed by atoms with Crippen molar-refractivity contribution in [1.29, 1.82) is 0 Å². The predicted octanol–water partition coefficient (Wildman–Crippen LogP) is 4.03. The third-order valence-corrected chi connectivity index (χ3v) is 7.74. The Morgan fingerprint density at radius 2 is 1.81 bits per heavy atom. The largest absolute Gasteiger partial charge is 0.378 e. The molecule has 37 heavy (non-hydrogen) atoms. The van der Waals surface area contributed by atoms with E-state index in [1.54, 1.807) is 0 Å². The van der Waals surface area contributed by atoms with E-state index >= 15 is 0 Å². The van der Waals surface area contributed by atoms with Crippen LogP contribution in [0.4, 0.5) is 10.5 Å². The van der Waals surface area contributed by atoms with Gasteiger partial charge in [0, 0.05) is 51.1 Å². The molecule has 2 atom stereocenters. The number of hydrogen-bond acceptors (Lipinski definition) is 5. The van der Waals surface area contributed by atoms with Crippen LogP contribution in [0.3, 0.4) is 0 Å². The molecule has 1 unspecified atom stereocenters. The molecule has 0 spiro atoms. The number of benzene rings is 1. The van der Waals surface area contributed by atoms with Gasteiger partial charge in [-0.25, -0.2) is 4.79 Å². The molecule has 3 aliphatic heterocycles. The number of likely N-dealkylation sites (tertiary alicyclic amines) is 1. The minimum Gasteiger partial charge on any atom is -0.378 e. The Hall–Kier alpha value is -1.87. The standard InChI is InChI=1S/C28H44N4O4.ClH/c1-3-11-32(21-23-9-12-30(13-10-23)28(34)31-14-17-35-18-15-31)22(2)19-24-6-4-7-25(20-24)29-27(33)26-8-5-16-36-26;/h4,6-7,20,22-23,26H,3,5,8-19,21H2,1-2H3,(H,29,33);1H/t22-,26?;/m0./s1. The van der Waals surface area contributed by atoms with E-state index in [2.05, 4.69) is 36.2 Å². The molecule has 8 nitrogen and oxygen atoms in total. The fraction of sp³-hybridized carbons (Fsp3) is 0.714. The van der Waals surface area contributed by atoms with E-state index < -0.39 is 0 Å². The second-order valence-corrected chi connectivity index (χ2v) is 10.6. The molecule has 3 amide bonds. The van der Waals surface area contributed by atoms with Gasteiger partial charge in [-0.3, -0.25) is 4.79 Å². The summed E-state index contributed by atoms with van der Waals surface area (Å²) in [7, 11) is 0. The molecule has 3 saturated heterocycles. The third kappa shape index (κ3) is 8.57. The van der Waals surface area contributed by atoms with Crippen molar-refractivity contribution in [2.75, 3.05) is 64.4 Å². The number of rotatable bonds is 9. The molecule has 0 aromatic heterocycles. The normalized spacial score (nSPS) is 21.5. The summed E-state index contributed by atoms with van der Waals surface area (Å²) in [6.45, 7) is 11.8. The zero-order valence-corrected chi connectivity index (χ0v) is 23.3. The molecule has 1 N–H and O–H groups in total. The lowest BCUT2D eigenvalue weighted by molar-refractivity contribution is -0.124. The number of carbonyl (C=O) groups is 2. The van der Waals surface area contributed by atoms with Gasteiger partial charge in [-0.1, -0.05) is 19.1 Å². The summed E-state index contributed by atoms with van der Waals surface area (Å²) in [6.07, 6.45) is 5.62. The number of nitrogens with one attached hydrogen (secondary N) is 1. The van der Waals surface area contributed by atoms with Crippen LogP contribution < -0.4 is 5.32 Å². The van der Waals surface area contributed by atoms with Crippen molar-refractivity contribution in [3.8, 4) is 0 Å². The minimum atomic E-state index is -0.316. The van der Waals surface area contributed by atoms with Crippen LogP contribution in [0.1, 0.15) is 51.5 Å². The first-order valence-corrected chi connectivity index (χ1v) is 13.9. The molecule has 4 rings (SSSR count). The Morgan fingerprint density at radius 1 is 1.08 bits per heavy atom. The summed E-state index contributed by atoms with van der Waals surface area (Å²) in [6, 6.07) is 8.82. The first-order chi connectivity index (χ1) is 17.5. The van der Waals surface area contributed by atoms with Crippen molar-refractivity contribution in [1.82, 2.24) is 14.7 Å². The Labute approximate surface area is 228 Å². The summed E-state index contributed by atoms with van der Waals surface area (Å²) in [5.74, 6) is 0.577. The van der Waals surface area contributed by atoms with Crippen LogP contribution >= 0.6 is 12.4 Å². The van der Waals surface area contributed by atoms with Gasteiger partial charge in [0.1, 0.15) is 6.10 Å². The zero-order chi connectivity index (χ0) is 25.3. The predicted molar refractivity (Wildman–Crippen MR) is 148 cm³/mol. The van der Waals surface area contributed by atoms with Gasteiger partial charge < -0.3 is 29.5 Å². The monoisotopic (exact) mass is 536 g/mol. The van der Waals surface area contributed by atoms with Crippen molar-refractivity contribution < 1.29 is 19.1 Å². The lowest BCUT2D eigenvalue weighted by Gasteiger charge is -2.39. The first-order valence-electron chi connectivity index (χ1n) is 13.9. The van der Waals surface area contributed by atoms with Crippen LogP contribution in [-0.2, 0) is 20.7 Å². The third-order valence-electron chi connectivity index (χ3n) is 7.74. The average Bonchev–Trinajstić information content (AvgIpc) is 3.45. The zero-order valence-electron chi connectivity index (χ0n) is 22.5. The fourth-order valence-corrected chi connectivity index (χ4v) is 5.63. The van der Waals surface area contributed by atoms with E-state index in [0.717, 1.165) is 70.4 Å². The number of morpholine rings is 1. The van der Waals surface area contributed by atoms with E-state index in [1.165, 1.54) is 5.56 Å². The summed E-state index contributed by atoms with van der Waals surface area (Å²) in [5.41, 5.74) is 2.08. The molecule has 3 fully saturated rings. The van der Waals surface area contributed by atoms with Crippen LogP contribution in [0.2, 0.25) is 0 Å². The molecule has 0 bridgehead atoms. The number of piperidine rings is 1. The smallest absolute Gasteiger partial charge is 0.320 e. The first kappa shape index (κ1) is 29.7. The average molecular weight is 537 g/mol. The van der Waals surface area contributed by atoms with Gasteiger partial charge in [0.2, 0.25) is 0 Å². The highest BCUT2D eigenvalue weighted by molar-refractivity contribution is 5.94. The molecule has 0 radical (unpaired) electrons. The highest BCUT2D eigenvalue weighted by atomic mass is 35.5. The van der Waals surface area contributed by atoms with Crippen molar-refractivity contribution in [3.63, 3.8) is 0 Å². The molecule has 3 aliphatic rings. The summed E-state index contributed by atoms with van der Waals surface area (Å²) in [4.78, 5) is 31.8. The van der Waals surface area contributed by atoms with Crippen molar-refractivity contribution >= 4 is 30.0 Å². The number of ether oxygens (including phenoxy) is 2. The molecule has 1 aromatic rings. The van der Waals surface area contributed by atoms with Gasteiger partial charge in [-0.2, -0.15) is 0 Å². The van der Waals surface area contributed by atoms with E-state index in [9.17, 15) is 9.59 Å². The van der Waals surface area contributed by atoms with Crippen LogP contribution in [0.5, 0.6) is 0 Å². The highest BCUT2D eigenvalue weighted by Gasteiger charge is 2.29. The summed E-state index contributed by atoms with van der Waals surface area (Å²) >= 11 is 0. The van der Waals surface area contributed by atoms with Gasteiger partial charge in [-0.15, -0.1) is 12.4 Å². The SMILES string of the molecule is CCCN(CC1CCN(C(=O)N2CCOCC2)CC1)[C@@H](C)Cc1cccc(NC(=O)C2CCCO2)c1.Cl. The maximum absolute atomic E-state index is 12.8. The minimum absolute atomic E-state index is 0. The molecule has 0 saturated carbocycles. The maximum Gasteiger partial charge on any atom is 0.320 e. The molecular weight excluding hydrogens is 492 g/mol. The van der Waals surface area contributed by atoms with Gasteiger partial charge in [-0.05, 0) is 75.6 Å². The van der Waals surface area contributed by atoms with Crippen LogP contribution in [0.15, 0.2) is 24.3 Å². The lowest BCUT2D eigenvalue weighted by atomic mass is 9.95. The second-order valence-electron chi connectivity index (χ2n) is 10.6. The lowest BCUT2D eigenvalue weighted by Crippen LogP contribution is -2.51. The molecule has 0 aliphatic carbocycles. The fourth-order valence-electron chi connectivity index (χ4n) is 5.63. The summed E-state index contributed by atoms with van der Waals surface area (Å²) < 4.78 is 10.9. The van der Waals surface area contributed by atoms with E-state index in [0.29, 0.717) is 44.9 Å². The van der Waals surface area contributed by atoms with Crippen molar-refractivity contribution in [2.45, 2.75) is 64.5 Å². The van der Waals surface area contributed by atoms with Gasteiger partial charge in [0.05, 0.1) is 13.2 Å². The van der Waals surface area contributed by atoms with Gasteiger partial charge in [0.25, 0.3) is 5.91 Å². The number of carbonyl (C=O) groups excluding carboxylic acids is 2. The van der Waals surface area contributed by atoms with Crippen molar-refractivity contribution in [3.05, 3.63) is 29.8 Å². The Kier molecular flexibility index (Phi) is 12.0. The van der Waals surface area contributed by atoms with Crippen LogP contribution in [0.25, 0.3) is 0 Å². The number of urea groups is 1. The quantitative estimate of drug-likeness (QED) is 0.516. The number of hydrogen-bond donors (Lipinski definition) is 1. The number of anilines is 1. The molecule has 208 valence electrons. The van der Waals surface area contributed by atoms with Gasteiger partial charge >= 0.3 is 6.03 Å². The van der Waals surface area contributed by atoms with Crippen LogP contribution in [0, 0.1) is 5.92 Å². The topological polar surface area (TPSA) is 74.4 Å². The van der Waals surface area contributed by atoms with E-state index in [-0.39, 0.29) is 30.4 Å². The Morgan fingerprint density at radius 3 is 2.49 bits per heavy atom. The Balaban J connectivity index is 0.00000380. The second kappa shape index (κ2) is 14.9. The highest BCUT2D eigenvalue weighted by Crippen LogP contribution is 2.23.